The molecular formula is C13H23BrN2O4. The van der Waals surface area contributed by atoms with Crippen molar-refractivity contribution in [2.45, 2.75) is 49.7 Å². The van der Waals surface area contributed by atoms with Crippen LogP contribution in [0, 0.1) is 0 Å². The summed E-state index contributed by atoms with van der Waals surface area (Å²) in [6.45, 7) is 4.48. The molecule has 1 N–H and O–H groups in total. The predicted octanol–water partition coefficient (Wildman–Crippen LogP) is 1.52. The van der Waals surface area contributed by atoms with E-state index >= 15 is 0 Å². The zero-order valence-electron chi connectivity index (χ0n) is 12.4. The van der Waals surface area contributed by atoms with E-state index < -0.39 is 18.2 Å². The summed E-state index contributed by atoms with van der Waals surface area (Å²) in [5.41, 5.74) is 0. The number of nitrogens with zero attached hydrogens (tertiary/aromatic N) is 1. The molecule has 1 rings (SSSR count). The normalized spacial score (nSPS) is 23.1. The van der Waals surface area contributed by atoms with Gasteiger partial charge in [-0.25, -0.2) is 4.79 Å². The first-order valence-electron chi connectivity index (χ1n) is 6.74. The molecule has 0 spiro atoms. The van der Waals surface area contributed by atoms with Crippen LogP contribution in [0.3, 0.4) is 0 Å². The summed E-state index contributed by atoms with van der Waals surface area (Å²) in [6.07, 6.45) is 0.881. The van der Waals surface area contributed by atoms with Gasteiger partial charge in [-0.1, -0.05) is 22.9 Å². The van der Waals surface area contributed by atoms with Gasteiger partial charge in [-0.05, 0) is 19.8 Å². The Morgan fingerprint density at radius 2 is 2.00 bits per heavy atom. The zero-order valence-corrected chi connectivity index (χ0v) is 14.0. The maximum absolute atomic E-state index is 12.7. The zero-order chi connectivity index (χ0) is 15.3. The van der Waals surface area contributed by atoms with Gasteiger partial charge in [-0.2, -0.15) is 0 Å². The number of nitrogens with one attached hydrogen (secondary N) is 1. The molecule has 1 aliphatic heterocycles. The minimum Gasteiger partial charge on any atom is -0.453 e. The first-order valence-corrected chi connectivity index (χ1v) is 7.65. The highest BCUT2D eigenvalue weighted by Crippen LogP contribution is 2.25. The van der Waals surface area contributed by atoms with E-state index in [1.54, 1.807) is 6.92 Å². The maximum Gasteiger partial charge on any atom is 0.407 e. The largest absolute Gasteiger partial charge is 0.453 e. The average molecular weight is 351 g/mol. The van der Waals surface area contributed by atoms with Crippen LogP contribution < -0.4 is 5.32 Å². The van der Waals surface area contributed by atoms with Crippen LogP contribution >= 0.6 is 15.9 Å². The quantitative estimate of drug-likeness (QED) is 0.763. The van der Waals surface area contributed by atoms with Crippen LogP contribution in [0.25, 0.3) is 0 Å². The number of amides is 2. The number of hydrogen-bond acceptors (Lipinski definition) is 4. The van der Waals surface area contributed by atoms with Crippen molar-refractivity contribution in [1.82, 2.24) is 10.2 Å². The molecule has 2 amide bonds. The standard InChI is InChI=1S/C13H23BrN2O4/c1-8(14)10-6-5-7-16(10)12(17)11(9(2)19-3)15-13(18)20-4/h8-11H,5-7H2,1-4H3,(H,15,18)/t8-,9-,10+,11+/m1/s1. The fourth-order valence-corrected chi connectivity index (χ4v) is 2.97. The summed E-state index contributed by atoms with van der Waals surface area (Å²) in [7, 11) is 2.78. The Kier molecular flexibility index (Phi) is 6.75. The van der Waals surface area contributed by atoms with Gasteiger partial charge in [0.2, 0.25) is 5.91 Å². The molecule has 0 aromatic heterocycles. The van der Waals surface area contributed by atoms with E-state index in [2.05, 4.69) is 26.0 Å². The Balaban J connectivity index is 2.84. The monoisotopic (exact) mass is 350 g/mol. The number of carbonyl (C=O) groups excluding carboxylic acids is 2. The molecule has 20 heavy (non-hydrogen) atoms. The number of hydrogen-bond donors (Lipinski definition) is 1. The Morgan fingerprint density at radius 3 is 2.50 bits per heavy atom. The van der Waals surface area contributed by atoms with Gasteiger partial charge in [0.15, 0.2) is 0 Å². The minimum atomic E-state index is -0.737. The highest BCUT2D eigenvalue weighted by Gasteiger charge is 2.38. The van der Waals surface area contributed by atoms with E-state index in [0.717, 1.165) is 12.8 Å². The Hall–Kier alpha value is -0.820. The van der Waals surface area contributed by atoms with Crippen LogP contribution in [0.2, 0.25) is 0 Å². The van der Waals surface area contributed by atoms with E-state index in [9.17, 15) is 9.59 Å². The molecule has 0 bridgehead atoms. The number of methoxy groups -OCH3 is 2. The van der Waals surface area contributed by atoms with Gasteiger partial charge in [0.1, 0.15) is 6.04 Å². The van der Waals surface area contributed by atoms with Crippen molar-refractivity contribution in [2.75, 3.05) is 20.8 Å². The summed E-state index contributed by atoms with van der Waals surface area (Å²) < 4.78 is 9.78. The van der Waals surface area contributed by atoms with Crippen molar-refractivity contribution in [2.24, 2.45) is 0 Å². The van der Waals surface area contributed by atoms with Gasteiger partial charge in [-0.3, -0.25) is 4.79 Å². The van der Waals surface area contributed by atoms with Gasteiger partial charge >= 0.3 is 6.09 Å². The molecule has 1 saturated heterocycles. The number of likely N-dealkylation sites (tertiary alicyclic amines) is 1. The predicted molar refractivity (Wildman–Crippen MR) is 78.9 cm³/mol. The molecule has 116 valence electrons. The molecular weight excluding hydrogens is 328 g/mol. The lowest BCUT2D eigenvalue weighted by atomic mass is 10.1. The molecule has 0 saturated carbocycles. The van der Waals surface area contributed by atoms with Crippen LogP contribution in [0.1, 0.15) is 26.7 Å². The topological polar surface area (TPSA) is 67.9 Å². The lowest BCUT2D eigenvalue weighted by Crippen LogP contribution is -2.56. The lowest BCUT2D eigenvalue weighted by molar-refractivity contribution is -0.137. The minimum absolute atomic E-state index is 0.126. The number of rotatable bonds is 5. The molecule has 6 nitrogen and oxygen atoms in total. The molecule has 7 heteroatoms. The number of alkyl carbamates (subject to hydrolysis) is 1. The molecule has 4 atom stereocenters. The third-order valence-electron chi connectivity index (χ3n) is 3.68. The van der Waals surface area contributed by atoms with Gasteiger partial charge in [-0.15, -0.1) is 0 Å². The molecule has 0 aromatic carbocycles. The van der Waals surface area contributed by atoms with E-state index in [1.807, 2.05) is 11.8 Å². The molecule has 1 heterocycles. The Morgan fingerprint density at radius 1 is 1.35 bits per heavy atom. The first kappa shape index (κ1) is 17.2. The van der Waals surface area contributed by atoms with E-state index in [0.29, 0.717) is 6.54 Å². The van der Waals surface area contributed by atoms with Gasteiger partial charge in [0.25, 0.3) is 0 Å². The number of ether oxygens (including phenoxy) is 2. The molecule has 0 unspecified atom stereocenters. The lowest BCUT2D eigenvalue weighted by Gasteiger charge is -2.32. The highest BCUT2D eigenvalue weighted by atomic mass is 79.9. The number of alkyl halides is 1. The van der Waals surface area contributed by atoms with Crippen molar-refractivity contribution >= 4 is 27.9 Å². The van der Waals surface area contributed by atoms with Crippen LogP contribution in [0.4, 0.5) is 4.79 Å². The van der Waals surface area contributed by atoms with E-state index in [4.69, 9.17) is 4.74 Å². The van der Waals surface area contributed by atoms with Crippen molar-refractivity contribution in [3.63, 3.8) is 0 Å². The first-order chi connectivity index (χ1) is 9.42. The summed E-state index contributed by atoms with van der Waals surface area (Å²) in [4.78, 5) is 26.1. The molecule has 0 aromatic rings. The maximum atomic E-state index is 12.7. The second kappa shape index (κ2) is 7.83. The summed E-state index contributed by atoms with van der Waals surface area (Å²) in [6, 6.07) is -0.590. The molecule has 1 fully saturated rings. The molecule has 0 aliphatic carbocycles. The third kappa shape index (κ3) is 4.09. The van der Waals surface area contributed by atoms with E-state index in [-0.39, 0.29) is 16.8 Å². The summed E-state index contributed by atoms with van der Waals surface area (Å²) in [5.74, 6) is -0.126. The fourth-order valence-electron chi connectivity index (χ4n) is 2.42. The van der Waals surface area contributed by atoms with Gasteiger partial charge in [0, 0.05) is 24.5 Å². The van der Waals surface area contributed by atoms with Crippen molar-refractivity contribution in [1.29, 1.82) is 0 Å². The second-order valence-corrected chi connectivity index (χ2v) is 6.42. The smallest absolute Gasteiger partial charge is 0.407 e. The molecule has 1 aliphatic rings. The van der Waals surface area contributed by atoms with Crippen LogP contribution in [-0.4, -0.2) is 60.7 Å². The average Bonchev–Trinajstić information content (AvgIpc) is 2.92. The van der Waals surface area contributed by atoms with Crippen LogP contribution in [0.15, 0.2) is 0 Å². The Labute approximate surface area is 128 Å². The van der Waals surface area contributed by atoms with E-state index in [1.165, 1.54) is 14.2 Å². The van der Waals surface area contributed by atoms with Gasteiger partial charge in [0.05, 0.1) is 13.2 Å². The highest BCUT2D eigenvalue weighted by molar-refractivity contribution is 9.09. The van der Waals surface area contributed by atoms with Crippen molar-refractivity contribution < 1.29 is 19.1 Å². The fraction of sp³-hybridized carbons (Fsp3) is 0.846. The second-order valence-electron chi connectivity index (χ2n) is 4.97. The Bertz CT molecular complexity index is 351. The number of halogens is 1. The summed E-state index contributed by atoms with van der Waals surface area (Å²) in [5, 5.41) is 2.56. The molecule has 0 radical (unpaired) electrons. The third-order valence-corrected chi connectivity index (χ3v) is 4.29. The van der Waals surface area contributed by atoms with Crippen LogP contribution in [-0.2, 0) is 14.3 Å². The van der Waals surface area contributed by atoms with Gasteiger partial charge < -0.3 is 19.7 Å². The van der Waals surface area contributed by atoms with Crippen molar-refractivity contribution in [3.05, 3.63) is 0 Å². The number of carbonyl (C=O) groups is 2. The van der Waals surface area contributed by atoms with Crippen molar-refractivity contribution in [3.8, 4) is 0 Å². The van der Waals surface area contributed by atoms with Crippen LogP contribution in [0.5, 0.6) is 0 Å². The summed E-state index contributed by atoms with van der Waals surface area (Å²) >= 11 is 3.54. The SMILES string of the molecule is COC(=O)N[C@H](C(=O)N1CCC[C@H]1[C@@H](C)Br)[C@@H](C)OC.